The monoisotopic (exact) mass is 282 g/mol. The van der Waals surface area contributed by atoms with Crippen molar-refractivity contribution < 1.29 is 0 Å². The van der Waals surface area contributed by atoms with Gasteiger partial charge in [-0.3, -0.25) is 4.68 Å². The van der Waals surface area contributed by atoms with Gasteiger partial charge in [0.25, 0.3) is 0 Å². The quantitative estimate of drug-likeness (QED) is 0.774. The molecular formula is C11H24Cl2N4. The van der Waals surface area contributed by atoms with E-state index in [1.54, 1.807) is 0 Å². The Morgan fingerprint density at radius 2 is 2.06 bits per heavy atom. The van der Waals surface area contributed by atoms with Crippen molar-refractivity contribution >= 4 is 24.8 Å². The summed E-state index contributed by atoms with van der Waals surface area (Å²) in [5.74, 6) is 0. The SMILES string of the molecule is CCn1nccc1CNCCCN(C)C.Cl.Cl. The zero-order valence-electron chi connectivity index (χ0n) is 10.8. The summed E-state index contributed by atoms with van der Waals surface area (Å²) in [5, 5.41) is 7.66. The van der Waals surface area contributed by atoms with Gasteiger partial charge in [-0.1, -0.05) is 0 Å². The van der Waals surface area contributed by atoms with E-state index in [0.29, 0.717) is 0 Å². The highest BCUT2D eigenvalue weighted by atomic mass is 35.5. The summed E-state index contributed by atoms with van der Waals surface area (Å²) in [6.07, 6.45) is 3.05. The average molecular weight is 283 g/mol. The summed E-state index contributed by atoms with van der Waals surface area (Å²) in [4.78, 5) is 2.21. The minimum atomic E-state index is 0. The van der Waals surface area contributed by atoms with Crippen molar-refractivity contribution in [2.24, 2.45) is 0 Å². The maximum Gasteiger partial charge on any atom is 0.0521 e. The van der Waals surface area contributed by atoms with Crippen LogP contribution in [0.4, 0.5) is 0 Å². The normalized spacial score (nSPS) is 9.88. The first-order valence-corrected chi connectivity index (χ1v) is 5.60. The van der Waals surface area contributed by atoms with Gasteiger partial charge in [0.2, 0.25) is 0 Å². The van der Waals surface area contributed by atoms with Gasteiger partial charge in [-0.25, -0.2) is 0 Å². The van der Waals surface area contributed by atoms with Gasteiger partial charge in [0, 0.05) is 19.3 Å². The van der Waals surface area contributed by atoms with Crippen LogP contribution in [-0.4, -0.2) is 41.9 Å². The number of nitrogens with zero attached hydrogens (tertiary/aromatic N) is 3. The summed E-state index contributed by atoms with van der Waals surface area (Å²) in [6.45, 7) is 6.18. The molecule has 0 bridgehead atoms. The lowest BCUT2D eigenvalue weighted by atomic mass is 10.3. The van der Waals surface area contributed by atoms with Gasteiger partial charge in [0.05, 0.1) is 5.69 Å². The molecule has 0 atom stereocenters. The summed E-state index contributed by atoms with van der Waals surface area (Å²) >= 11 is 0. The van der Waals surface area contributed by atoms with Crippen molar-refractivity contribution in [1.82, 2.24) is 20.0 Å². The van der Waals surface area contributed by atoms with Gasteiger partial charge < -0.3 is 10.2 Å². The second-order valence-electron chi connectivity index (χ2n) is 3.97. The Bertz CT molecular complexity index is 276. The third-order valence-corrected chi connectivity index (χ3v) is 2.37. The Kier molecular flexibility index (Phi) is 12.2. The van der Waals surface area contributed by atoms with E-state index in [1.165, 1.54) is 12.1 Å². The molecule has 6 heteroatoms. The van der Waals surface area contributed by atoms with Crippen molar-refractivity contribution in [3.63, 3.8) is 0 Å². The first kappa shape index (κ1) is 19.1. The third-order valence-electron chi connectivity index (χ3n) is 2.37. The van der Waals surface area contributed by atoms with Gasteiger partial charge in [-0.05, 0) is 46.6 Å². The predicted octanol–water partition coefficient (Wildman–Crippen LogP) is 1.79. The minimum Gasteiger partial charge on any atom is -0.311 e. The number of aryl methyl sites for hydroxylation is 1. The molecule has 0 fully saturated rings. The summed E-state index contributed by atoms with van der Waals surface area (Å²) in [6, 6.07) is 2.07. The number of aromatic nitrogens is 2. The van der Waals surface area contributed by atoms with Gasteiger partial charge in [0.15, 0.2) is 0 Å². The Hall–Kier alpha value is -0.290. The molecule has 1 N–H and O–H groups in total. The van der Waals surface area contributed by atoms with E-state index < -0.39 is 0 Å². The molecule has 0 radical (unpaired) electrons. The van der Waals surface area contributed by atoms with E-state index in [0.717, 1.165) is 26.2 Å². The standard InChI is InChI=1S/C11H22N4.2ClH/c1-4-15-11(6-8-13-15)10-12-7-5-9-14(2)3;;/h6,8,12H,4-5,7,9-10H2,1-3H3;2*1H. The highest BCUT2D eigenvalue weighted by molar-refractivity contribution is 5.85. The summed E-state index contributed by atoms with van der Waals surface area (Å²) < 4.78 is 2.03. The van der Waals surface area contributed by atoms with Crippen LogP contribution in [-0.2, 0) is 13.1 Å². The molecule has 0 unspecified atom stereocenters. The zero-order valence-corrected chi connectivity index (χ0v) is 12.5. The van der Waals surface area contributed by atoms with Crippen LogP contribution in [0.25, 0.3) is 0 Å². The lowest BCUT2D eigenvalue weighted by Gasteiger charge is -2.10. The van der Waals surface area contributed by atoms with Crippen molar-refractivity contribution in [2.75, 3.05) is 27.2 Å². The van der Waals surface area contributed by atoms with Crippen LogP contribution in [0.2, 0.25) is 0 Å². The fourth-order valence-electron chi connectivity index (χ4n) is 1.53. The fourth-order valence-corrected chi connectivity index (χ4v) is 1.53. The number of rotatable bonds is 7. The topological polar surface area (TPSA) is 33.1 Å². The summed E-state index contributed by atoms with van der Waals surface area (Å²) in [5.41, 5.74) is 1.27. The van der Waals surface area contributed by atoms with Crippen LogP contribution in [0.5, 0.6) is 0 Å². The molecule has 17 heavy (non-hydrogen) atoms. The van der Waals surface area contributed by atoms with Crippen molar-refractivity contribution in [3.8, 4) is 0 Å². The highest BCUT2D eigenvalue weighted by Gasteiger charge is 1.99. The molecule has 1 rings (SSSR count). The third kappa shape index (κ3) is 7.60. The maximum atomic E-state index is 4.23. The van der Waals surface area contributed by atoms with E-state index in [-0.39, 0.29) is 24.8 Å². The van der Waals surface area contributed by atoms with Crippen LogP contribution in [0.15, 0.2) is 12.3 Å². The maximum absolute atomic E-state index is 4.23. The number of nitrogens with one attached hydrogen (secondary N) is 1. The fraction of sp³-hybridized carbons (Fsp3) is 0.727. The van der Waals surface area contributed by atoms with Crippen LogP contribution in [0.1, 0.15) is 19.0 Å². The Morgan fingerprint density at radius 3 is 2.65 bits per heavy atom. The molecule has 4 nitrogen and oxygen atoms in total. The molecule has 102 valence electrons. The molecule has 1 heterocycles. The molecule has 1 aromatic rings. The minimum absolute atomic E-state index is 0. The predicted molar refractivity (Wildman–Crippen MR) is 77.3 cm³/mol. The molecule has 1 aromatic heterocycles. The first-order valence-electron chi connectivity index (χ1n) is 5.60. The van der Waals surface area contributed by atoms with E-state index in [2.05, 4.69) is 42.4 Å². The van der Waals surface area contributed by atoms with Gasteiger partial charge in [-0.15, -0.1) is 24.8 Å². The van der Waals surface area contributed by atoms with E-state index in [1.807, 2.05) is 10.9 Å². The molecule has 0 spiro atoms. The Balaban J connectivity index is 0. The smallest absolute Gasteiger partial charge is 0.0521 e. The van der Waals surface area contributed by atoms with Crippen LogP contribution >= 0.6 is 24.8 Å². The molecule has 0 aliphatic rings. The summed E-state index contributed by atoms with van der Waals surface area (Å²) in [7, 11) is 4.21. The molecule has 0 aliphatic heterocycles. The highest BCUT2D eigenvalue weighted by Crippen LogP contribution is 1.97. The Labute approximate surface area is 117 Å². The van der Waals surface area contributed by atoms with Gasteiger partial charge in [0.1, 0.15) is 0 Å². The molecule has 0 aromatic carbocycles. The number of hydrogen-bond donors (Lipinski definition) is 1. The van der Waals surface area contributed by atoms with Crippen molar-refractivity contribution in [2.45, 2.75) is 26.4 Å². The molecule has 0 saturated heterocycles. The average Bonchev–Trinajstić information content (AvgIpc) is 2.64. The molecule has 0 aliphatic carbocycles. The largest absolute Gasteiger partial charge is 0.311 e. The molecule has 0 saturated carbocycles. The Morgan fingerprint density at radius 1 is 1.35 bits per heavy atom. The number of hydrogen-bond acceptors (Lipinski definition) is 3. The van der Waals surface area contributed by atoms with Crippen molar-refractivity contribution in [1.29, 1.82) is 0 Å². The van der Waals surface area contributed by atoms with Crippen LogP contribution in [0, 0.1) is 0 Å². The lowest BCUT2D eigenvalue weighted by molar-refractivity contribution is 0.393. The first-order chi connectivity index (χ1) is 7.24. The van der Waals surface area contributed by atoms with Gasteiger partial charge in [-0.2, -0.15) is 5.10 Å². The van der Waals surface area contributed by atoms with Crippen LogP contribution in [0.3, 0.4) is 0 Å². The molecular weight excluding hydrogens is 259 g/mol. The van der Waals surface area contributed by atoms with Crippen LogP contribution < -0.4 is 5.32 Å². The van der Waals surface area contributed by atoms with E-state index in [9.17, 15) is 0 Å². The second-order valence-corrected chi connectivity index (χ2v) is 3.97. The van der Waals surface area contributed by atoms with E-state index >= 15 is 0 Å². The second kappa shape index (κ2) is 10.8. The molecule has 0 amide bonds. The number of halogens is 2. The van der Waals surface area contributed by atoms with Gasteiger partial charge >= 0.3 is 0 Å². The van der Waals surface area contributed by atoms with Crippen molar-refractivity contribution in [3.05, 3.63) is 18.0 Å². The van der Waals surface area contributed by atoms with E-state index in [4.69, 9.17) is 0 Å². The zero-order chi connectivity index (χ0) is 11.1. The lowest BCUT2D eigenvalue weighted by Crippen LogP contribution is -2.22.